The van der Waals surface area contributed by atoms with Crippen LogP contribution in [0.4, 0.5) is 0 Å². The molecule has 3 aromatic rings. The van der Waals surface area contributed by atoms with Crippen LogP contribution in [0.3, 0.4) is 0 Å². The molecule has 3 aromatic carbocycles. The SMILES string of the molecule is COc1ccc2c(OCc3ccccc3)c(C=O)ccc2c1. The predicted octanol–water partition coefficient (Wildman–Crippen LogP) is 4.24. The summed E-state index contributed by atoms with van der Waals surface area (Å²) < 4.78 is 11.2. The lowest BCUT2D eigenvalue weighted by molar-refractivity contribution is 0.111. The third kappa shape index (κ3) is 2.79. The molecule has 0 unspecified atom stereocenters. The van der Waals surface area contributed by atoms with E-state index in [0.717, 1.165) is 28.4 Å². The molecule has 0 aliphatic heterocycles. The summed E-state index contributed by atoms with van der Waals surface area (Å²) in [5, 5.41) is 1.88. The molecule has 0 spiro atoms. The molecular weight excluding hydrogens is 276 g/mol. The first kappa shape index (κ1) is 14.1. The van der Waals surface area contributed by atoms with Gasteiger partial charge in [0.25, 0.3) is 0 Å². The van der Waals surface area contributed by atoms with Crippen LogP contribution >= 0.6 is 0 Å². The minimum Gasteiger partial charge on any atom is -0.497 e. The van der Waals surface area contributed by atoms with Gasteiger partial charge in [-0.25, -0.2) is 0 Å². The van der Waals surface area contributed by atoms with Crippen LogP contribution in [0.25, 0.3) is 10.8 Å². The number of hydrogen-bond acceptors (Lipinski definition) is 3. The molecule has 3 rings (SSSR count). The minimum atomic E-state index is 0.423. The van der Waals surface area contributed by atoms with Crippen molar-refractivity contribution in [3.63, 3.8) is 0 Å². The maximum absolute atomic E-state index is 11.3. The number of carbonyl (C=O) groups excluding carboxylic acids is 1. The second-order valence-electron chi connectivity index (χ2n) is 4.96. The summed E-state index contributed by atoms with van der Waals surface area (Å²) in [4.78, 5) is 11.3. The van der Waals surface area contributed by atoms with E-state index in [1.807, 2.05) is 54.6 Å². The molecule has 110 valence electrons. The first-order chi connectivity index (χ1) is 10.8. The van der Waals surface area contributed by atoms with Gasteiger partial charge in [-0.2, -0.15) is 0 Å². The van der Waals surface area contributed by atoms with Crippen molar-refractivity contribution in [3.05, 3.63) is 71.8 Å². The Morgan fingerprint density at radius 1 is 1.00 bits per heavy atom. The van der Waals surface area contributed by atoms with Gasteiger partial charge in [0.05, 0.1) is 12.7 Å². The van der Waals surface area contributed by atoms with Gasteiger partial charge < -0.3 is 9.47 Å². The standard InChI is InChI=1S/C19H16O3/c1-21-17-9-10-18-15(11-17)7-8-16(12-20)19(18)22-13-14-5-3-2-4-6-14/h2-12H,13H2,1H3. The third-order valence-electron chi connectivity index (χ3n) is 3.56. The smallest absolute Gasteiger partial charge is 0.153 e. The van der Waals surface area contributed by atoms with E-state index >= 15 is 0 Å². The number of carbonyl (C=O) groups is 1. The molecule has 0 aliphatic carbocycles. The van der Waals surface area contributed by atoms with Crippen LogP contribution in [0.2, 0.25) is 0 Å². The molecule has 0 radical (unpaired) electrons. The number of aldehydes is 1. The lowest BCUT2D eigenvalue weighted by atomic mass is 10.1. The maximum atomic E-state index is 11.3. The Morgan fingerprint density at radius 3 is 2.55 bits per heavy atom. The second-order valence-corrected chi connectivity index (χ2v) is 4.96. The summed E-state index contributed by atoms with van der Waals surface area (Å²) >= 11 is 0. The Bertz CT molecular complexity index is 794. The second kappa shape index (κ2) is 6.31. The van der Waals surface area contributed by atoms with Crippen LogP contribution in [-0.4, -0.2) is 13.4 Å². The van der Waals surface area contributed by atoms with E-state index in [4.69, 9.17) is 9.47 Å². The number of benzene rings is 3. The summed E-state index contributed by atoms with van der Waals surface area (Å²) in [5.41, 5.74) is 1.61. The zero-order chi connectivity index (χ0) is 15.4. The van der Waals surface area contributed by atoms with Crippen molar-refractivity contribution >= 4 is 17.1 Å². The molecule has 0 N–H and O–H groups in total. The van der Waals surface area contributed by atoms with Gasteiger partial charge in [0.15, 0.2) is 6.29 Å². The fraction of sp³-hybridized carbons (Fsp3) is 0.105. The summed E-state index contributed by atoms with van der Waals surface area (Å²) in [6.07, 6.45) is 0.823. The highest BCUT2D eigenvalue weighted by molar-refractivity contribution is 5.96. The number of methoxy groups -OCH3 is 1. The van der Waals surface area contributed by atoms with E-state index in [9.17, 15) is 4.79 Å². The van der Waals surface area contributed by atoms with Gasteiger partial charge in [-0.15, -0.1) is 0 Å². The number of rotatable bonds is 5. The van der Waals surface area contributed by atoms with E-state index in [1.165, 1.54) is 0 Å². The monoisotopic (exact) mass is 292 g/mol. The van der Waals surface area contributed by atoms with Crippen molar-refractivity contribution in [1.29, 1.82) is 0 Å². The summed E-state index contributed by atoms with van der Waals surface area (Å²) in [6.45, 7) is 0.423. The van der Waals surface area contributed by atoms with E-state index in [1.54, 1.807) is 13.2 Å². The Balaban J connectivity index is 2.00. The summed E-state index contributed by atoms with van der Waals surface area (Å²) in [5.74, 6) is 1.39. The van der Waals surface area contributed by atoms with E-state index < -0.39 is 0 Å². The molecule has 0 fully saturated rings. The summed E-state index contributed by atoms with van der Waals surface area (Å²) in [6, 6.07) is 19.3. The topological polar surface area (TPSA) is 35.5 Å². The molecule has 0 aromatic heterocycles. The molecule has 0 heterocycles. The lowest BCUT2D eigenvalue weighted by Gasteiger charge is -2.12. The Kier molecular flexibility index (Phi) is 4.05. The van der Waals surface area contributed by atoms with Crippen LogP contribution in [0.1, 0.15) is 15.9 Å². The zero-order valence-electron chi connectivity index (χ0n) is 12.3. The van der Waals surface area contributed by atoms with Gasteiger partial charge in [0.2, 0.25) is 0 Å². The van der Waals surface area contributed by atoms with Crippen LogP contribution in [0.15, 0.2) is 60.7 Å². The van der Waals surface area contributed by atoms with Crippen molar-refractivity contribution in [2.24, 2.45) is 0 Å². The average Bonchev–Trinajstić information content (AvgIpc) is 2.59. The van der Waals surface area contributed by atoms with Crippen LogP contribution in [0, 0.1) is 0 Å². The largest absolute Gasteiger partial charge is 0.497 e. The van der Waals surface area contributed by atoms with Crippen molar-refractivity contribution < 1.29 is 14.3 Å². The van der Waals surface area contributed by atoms with Crippen molar-refractivity contribution in [2.75, 3.05) is 7.11 Å². The molecule has 0 amide bonds. The van der Waals surface area contributed by atoms with Crippen molar-refractivity contribution in [1.82, 2.24) is 0 Å². The molecule has 3 heteroatoms. The van der Waals surface area contributed by atoms with Gasteiger partial charge in [0.1, 0.15) is 18.1 Å². The number of ether oxygens (including phenoxy) is 2. The average molecular weight is 292 g/mol. The molecule has 0 aliphatic rings. The first-order valence-electron chi connectivity index (χ1n) is 7.04. The third-order valence-corrected chi connectivity index (χ3v) is 3.56. The van der Waals surface area contributed by atoms with E-state index in [0.29, 0.717) is 17.9 Å². The van der Waals surface area contributed by atoms with Gasteiger partial charge in [0, 0.05) is 5.39 Å². The fourth-order valence-corrected chi connectivity index (χ4v) is 2.41. The molecule has 3 nitrogen and oxygen atoms in total. The van der Waals surface area contributed by atoms with Gasteiger partial charge >= 0.3 is 0 Å². The predicted molar refractivity (Wildman–Crippen MR) is 86.7 cm³/mol. The molecular formula is C19H16O3. The quantitative estimate of drug-likeness (QED) is 0.660. The van der Waals surface area contributed by atoms with Crippen molar-refractivity contribution in [2.45, 2.75) is 6.61 Å². The molecule has 0 saturated carbocycles. The molecule has 0 atom stereocenters. The Morgan fingerprint density at radius 2 is 1.82 bits per heavy atom. The van der Waals surface area contributed by atoms with E-state index in [-0.39, 0.29) is 0 Å². The lowest BCUT2D eigenvalue weighted by Crippen LogP contribution is -1.99. The van der Waals surface area contributed by atoms with Crippen LogP contribution in [-0.2, 0) is 6.61 Å². The highest BCUT2D eigenvalue weighted by Crippen LogP contribution is 2.32. The fourth-order valence-electron chi connectivity index (χ4n) is 2.41. The van der Waals surface area contributed by atoms with Crippen LogP contribution < -0.4 is 9.47 Å². The summed E-state index contributed by atoms with van der Waals surface area (Å²) in [7, 11) is 1.63. The van der Waals surface area contributed by atoms with E-state index in [2.05, 4.69) is 0 Å². The van der Waals surface area contributed by atoms with Gasteiger partial charge in [-0.1, -0.05) is 36.4 Å². The zero-order valence-corrected chi connectivity index (χ0v) is 12.3. The molecule has 22 heavy (non-hydrogen) atoms. The highest BCUT2D eigenvalue weighted by Gasteiger charge is 2.10. The molecule has 0 bridgehead atoms. The van der Waals surface area contributed by atoms with Crippen molar-refractivity contribution in [3.8, 4) is 11.5 Å². The maximum Gasteiger partial charge on any atom is 0.153 e. The van der Waals surface area contributed by atoms with Gasteiger partial charge in [-0.05, 0) is 35.2 Å². The van der Waals surface area contributed by atoms with Crippen LogP contribution in [0.5, 0.6) is 11.5 Å². The van der Waals surface area contributed by atoms with Gasteiger partial charge in [-0.3, -0.25) is 4.79 Å². The minimum absolute atomic E-state index is 0.423. The normalized spacial score (nSPS) is 10.4. The first-order valence-corrected chi connectivity index (χ1v) is 7.04. The Labute approximate surface area is 129 Å². The number of hydrogen-bond donors (Lipinski definition) is 0. The molecule has 0 saturated heterocycles. The Hall–Kier alpha value is -2.81. The number of fused-ring (bicyclic) bond motifs is 1. The highest BCUT2D eigenvalue weighted by atomic mass is 16.5.